The highest BCUT2D eigenvalue weighted by Crippen LogP contribution is 2.52. The van der Waals surface area contributed by atoms with E-state index >= 15 is 0 Å². The van der Waals surface area contributed by atoms with Crippen LogP contribution in [-0.2, 0) is 12.0 Å². The van der Waals surface area contributed by atoms with Crippen LogP contribution in [0.15, 0.2) is 47.4 Å². The number of halogens is 1. The highest BCUT2D eigenvalue weighted by atomic mass is 35.5. The minimum atomic E-state index is -0.464. The zero-order chi connectivity index (χ0) is 24.3. The first kappa shape index (κ1) is 22.0. The van der Waals surface area contributed by atoms with Crippen LogP contribution < -0.4 is 16.3 Å². The second-order valence-electron chi connectivity index (χ2n) is 9.61. The first-order valence-electron chi connectivity index (χ1n) is 11.7. The third-order valence-electron chi connectivity index (χ3n) is 7.09. The van der Waals surface area contributed by atoms with E-state index < -0.39 is 5.69 Å². The second kappa shape index (κ2) is 8.03. The molecule has 1 saturated carbocycles. The zero-order valence-electron chi connectivity index (χ0n) is 19.9. The van der Waals surface area contributed by atoms with E-state index in [1.807, 2.05) is 19.1 Å². The Kier molecular flexibility index (Phi) is 5.05. The number of hydrogen-bond acceptors (Lipinski definition) is 7. The molecule has 0 atom stereocenters. The predicted octanol–water partition coefficient (Wildman–Crippen LogP) is 4.40. The summed E-state index contributed by atoms with van der Waals surface area (Å²) in [6.45, 7) is 3.97. The molecule has 35 heavy (non-hydrogen) atoms. The summed E-state index contributed by atoms with van der Waals surface area (Å²) in [5, 5.41) is 7.50. The molecular weight excluding hydrogens is 462 g/mol. The molecule has 2 N–H and O–H groups in total. The van der Waals surface area contributed by atoms with Crippen molar-refractivity contribution in [1.29, 1.82) is 0 Å². The minimum absolute atomic E-state index is 0.312. The number of anilines is 3. The van der Waals surface area contributed by atoms with E-state index in [1.54, 1.807) is 19.3 Å². The molecule has 6 rings (SSSR count). The maximum atomic E-state index is 13.1. The SMILES string of the molecule is CNc1c2cnc(Nc3ccc4c(c3)CN(C)CC43CC3)nc2nc(=O)n1-c1c(C)cccc1Cl. The van der Waals surface area contributed by atoms with Gasteiger partial charge in [-0.2, -0.15) is 9.97 Å². The second-order valence-corrected chi connectivity index (χ2v) is 10.0. The van der Waals surface area contributed by atoms with Crippen molar-refractivity contribution in [3.05, 3.63) is 74.8 Å². The van der Waals surface area contributed by atoms with Gasteiger partial charge in [-0.25, -0.2) is 14.3 Å². The molecule has 2 aromatic heterocycles. The van der Waals surface area contributed by atoms with Gasteiger partial charge in [-0.3, -0.25) is 0 Å². The number of hydrogen-bond donors (Lipinski definition) is 2. The molecule has 0 radical (unpaired) electrons. The minimum Gasteiger partial charge on any atom is -0.373 e. The van der Waals surface area contributed by atoms with Crippen LogP contribution in [0.5, 0.6) is 0 Å². The first-order chi connectivity index (χ1) is 16.9. The van der Waals surface area contributed by atoms with E-state index in [-0.39, 0.29) is 0 Å². The van der Waals surface area contributed by atoms with Crippen LogP contribution in [0.3, 0.4) is 0 Å². The zero-order valence-corrected chi connectivity index (χ0v) is 20.6. The van der Waals surface area contributed by atoms with Crippen LogP contribution >= 0.6 is 11.6 Å². The Hall–Kier alpha value is -3.49. The van der Waals surface area contributed by atoms with Gasteiger partial charge in [-0.15, -0.1) is 0 Å². The summed E-state index contributed by atoms with van der Waals surface area (Å²) in [5.41, 5.74) is 5.38. The standard InChI is InChI=1S/C26H26ClN7O/c1-15-5-4-6-20(27)21(15)34-23(28-2)18-12-29-24(31-22(18)32-25(34)35)30-17-7-8-19-16(11-17)13-33(3)14-26(19)9-10-26/h4-8,11-12,28H,9-10,13-14H2,1-3H3,(H,30,31,32,35). The summed E-state index contributed by atoms with van der Waals surface area (Å²) in [6, 6.07) is 12.0. The quantitative estimate of drug-likeness (QED) is 0.441. The van der Waals surface area contributed by atoms with Gasteiger partial charge in [-0.1, -0.05) is 29.8 Å². The molecule has 0 bridgehead atoms. The van der Waals surface area contributed by atoms with Crippen LogP contribution in [0, 0.1) is 6.92 Å². The van der Waals surface area contributed by atoms with Crippen LogP contribution in [0.1, 0.15) is 29.5 Å². The largest absolute Gasteiger partial charge is 0.373 e. The van der Waals surface area contributed by atoms with Gasteiger partial charge in [0.15, 0.2) is 5.65 Å². The molecule has 9 heteroatoms. The summed E-state index contributed by atoms with van der Waals surface area (Å²) < 4.78 is 1.48. The highest BCUT2D eigenvalue weighted by molar-refractivity contribution is 6.32. The average molecular weight is 488 g/mol. The van der Waals surface area contributed by atoms with Crippen molar-refractivity contribution in [2.24, 2.45) is 0 Å². The van der Waals surface area contributed by atoms with E-state index in [0.717, 1.165) is 24.3 Å². The number of nitrogens with zero attached hydrogens (tertiary/aromatic N) is 5. The number of rotatable bonds is 4. The normalized spacial score (nSPS) is 16.3. The van der Waals surface area contributed by atoms with E-state index in [1.165, 1.54) is 28.5 Å². The molecule has 2 aliphatic rings. The Morgan fingerprint density at radius 2 is 1.97 bits per heavy atom. The van der Waals surface area contributed by atoms with Crippen LogP contribution in [0.25, 0.3) is 16.7 Å². The van der Waals surface area contributed by atoms with Gasteiger partial charge in [0.05, 0.1) is 16.1 Å². The fourth-order valence-electron chi connectivity index (χ4n) is 5.38. The number of benzene rings is 2. The van der Waals surface area contributed by atoms with Crippen molar-refractivity contribution in [1.82, 2.24) is 24.4 Å². The molecule has 8 nitrogen and oxygen atoms in total. The molecular formula is C26H26ClN7O. The van der Waals surface area contributed by atoms with Gasteiger partial charge in [0.1, 0.15) is 5.82 Å². The maximum absolute atomic E-state index is 13.1. The Balaban J connectivity index is 1.39. The fourth-order valence-corrected chi connectivity index (χ4v) is 5.68. The Bertz CT molecular complexity index is 1520. The summed E-state index contributed by atoms with van der Waals surface area (Å²) in [6.07, 6.45) is 4.20. The molecule has 4 aromatic rings. The van der Waals surface area contributed by atoms with Crippen molar-refractivity contribution in [2.75, 3.05) is 31.3 Å². The molecule has 1 aliphatic carbocycles. The van der Waals surface area contributed by atoms with Gasteiger partial charge in [0, 0.05) is 37.4 Å². The molecule has 1 fully saturated rings. The third kappa shape index (κ3) is 3.64. The average Bonchev–Trinajstić information content (AvgIpc) is 3.58. The number of aromatic nitrogens is 4. The van der Waals surface area contributed by atoms with Gasteiger partial charge in [0.25, 0.3) is 0 Å². The lowest BCUT2D eigenvalue weighted by atomic mass is 9.87. The monoisotopic (exact) mass is 487 g/mol. The lowest BCUT2D eigenvalue weighted by Gasteiger charge is -2.32. The number of fused-ring (bicyclic) bond motifs is 3. The molecule has 2 aromatic carbocycles. The fraction of sp³-hybridized carbons (Fsp3) is 0.308. The van der Waals surface area contributed by atoms with Crippen molar-refractivity contribution >= 4 is 40.1 Å². The molecule has 0 amide bonds. The van der Waals surface area contributed by atoms with Gasteiger partial charge >= 0.3 is 5.69 Å². The van der Waals surface area contributed by atoms with Gasteiger partial charge < -0.3 is 15.5 Å². The van der Waals surface area contributed by atoms with Gasteiger partial charge in [-0.05, 0) is 61.7 Å². The Morgan fingerprint density at radius 1 is 1.14 bits per heavy atom. The van der Waals surface area contributed by atoms with E-state index in [0.29, 0.717) is 38.9 Å². The van der Waals surface area contributed by atoms with Crippen molar-refractivity contribution in [3.8, 4) is 5.69 Å². The number of para-hydroxylation sites is 1. The Morgan fingerprint density at radius 3 is 2.71 bits per heavy atom. The number of aryl methyl sites for hydroxylation is 1. The predicted molar refractivity (Wildman–Crippen MR) is 139 cm³/mol. The van der Waals surface area contributed by atoms with E-state index in [2.05, 4.69) is 55.7 Å². The van der Waals surface area contributed by atoms with E-state index in [9.17, 15) is 4.79 Å². The molecule has 0 saturated heterocycles. The van der Waals surface area contributed by atoms with Gasteiger partial charge in [0.2, 0.25) is 5.95 Å². The topological polar surface area (TPSA) is 88.0 Å². The smallest absolute Gasteiger partial charge is 0.355 e. The Labute approximate surface area is 208 Å². The lowest BCUT2D eigenvalue weighted by Crippen LogP contribution is -2.35. The molecule has 178 valence electrons. The molecule has 3 heterocycles. The number of likely N-dealkylation sites (N-methyl/N-ethyl adjacent to an activating group) is 1. The molecule has 1 aliphatic heterocycles. The maximum Gasteiger partial charge on any atom is 0.355 e. The van der Waals surface area contributed by atoms with Crippen LogP contribution in [0.2, 0.25) is 5.02 Å². The van der Waals surface area contributed by atoms with E-state index in [4.69, 9.17) is 11.6 Å². The highest BCUT2D eigenvalue weighted by Gasteiger charge is 2.48. The summed E-state index contributed by atoms with van der Waals surface area (Å²) in [4.78, 5) is 28.9. The molecule has 0 unspecified atom stereocenters. The molecule has 1 spiro atoms. The summed E-state index contributed by atoms with van der Waals surface area (Å²) >= 11 is 6.45. The van der Waals surface area contributed by atoms with Crippen molar-refractivity contribution in [3.63, 3.8) is 0 Å². The van der Waals surface area contributed by atoms with Crippen molar-refractivity contribution in [2.45, 2.75) is 31.7 Å². The third-order valence-corrected chi connectivity index (χ3v) is 7.39. The summed E-state index contributed by atoms with van der Waals surface area (Å²) in [7, 11) is 3.93. The summed E-state index contributed by atoms with van der Waals surface area (Å²) in [5.74, 6) is 0.928. The lowest BCUT2D eigenvalue weighted by molar-refractivity contribution is 0.271. The van der Waals surface area contributed by atoms with Crippen LogP contribution in [-0.4, -0.2) is 45.1 Å². The number of nitrogens with one attached hydrogen (secondary N) is 2. The van der Waals surface area contributed by atoms with Crippen LogP contribution in [0.4, 0.5) is 17.5 Å². The van der Waals surface area contributed by atoms with Crippen molar-refractivity contribution < 1.29 is 0 Å². The first-order valence-corrected chi connectivity index (χ1v) is 12.1.